The number of aliphatic hydroxyl groups excluding tert-OH is 1. The van der Waals surface area contributed by atoms with Gasteiger partial charge in [-0.15, -0.1) is 0 Å². The number of hydrogen-bond acceptors (Lipinski definition) is 7. The molecule has 0 saturated carbocycles. The lowest BCUT2D eigenvalue weighted by Gasteiger charge is -2.32. The van der Waals surface area contributed by atoms with E-state index in [2.05, 4.69) is 15.3 Å². The number of amides is 1. The van der Waals surface area contributed by atoms with Crippen LogP contribution in [0, 0.1) is 5.92 Å². The van der Waals surface area contributed by atoms with E-state index in [0.717, 1.165) is 30.6 Å². The van der Waals surface area contributed by atoms with Gasteiger partial charge in [0.15, 0.2) is 0 Å². The second-order valence-corrected chi connectivity index (χ2v) is 9.27. The number of ether oxygens (including phenoxy) is 1. The summed E-state index contributed by atoms with van der Waals surface area (Å²) in [5.41, 5.74) is 7.42. The standard InChI is InChI=1S/C26H25F3N6O3/c1-14-10-17(13-38-19(14)12-36)24-34-21(22-23(30)32-8-9-35(22)24)15-2-4-16(5-3-15)25(37)33-20-11-18(6-7-31-20)26(27,28)29/h2-9,11,14,17,19,36H,10,12-13H2,1H3,(H2,30,32)(H,31,33,37). The van der Waals surface area contributed by atoms with Crippen molar-refractivity contribution in [3.05, 3.63) is 71.9 Å². The summed E-state index contributed by atoms with van der Waals surface area (Å²) in [4.78, 5) is 25.6. The number of anilines is 2. The highest BCUT2D eigenvalue weighted by atomic mass is 19.4. The van der Waals surface area contributed by atoms with E-state index in [1.807, 2.05) is 11.3 Å². The van der Waals surface area contributed by atoms with E-state index in [-0.39, 0.29) is 41.7 Å². The van der Waals surface area contributed by atoms with Crippen LogP contribution in [0.3, 0.4) is 0 Å². The molecule has 1 aliphatic heterocycles. The molecule has 0 spiro atoms. The number of halogens is 3. The largest absolute Gasteiger partial charge is 0.416 e. The minimum Gasteiger partial charge on any atom is -0.394 e. The zero-order valence-corrected chi connectivity index (χ0v) is 20.3. The quantitative estimate of drug-likeness (QED) is 0.357. The van der Waals surface area contributed by atoms with Gasteiger partial charge < -0.3 is 20.9 Å². The average Bonchev–Trinajstić information content (AvgIpc) is 3.29. The number of nitrogens with one attached hydrogen (secondary N) is 1. The zero-order chi connectivity index (χ0) is 27.0. The lowest BCUT2D eigenvalue weighted by atomic mass is 9.89. The number of pyridine rings is 1. The van der Waals surface area contributed by atoms with Crippen LogP contribution in [0.4, 0.5) is 24.8 Å². The summed E-state index contributed by atoms with van der Waals surface area (Å²) in [5.74, 6) is 0.344. The Morgan fingerprint density at radius 1 is 1.21 bits per heavy atom. The summed E-state index contributed by atoms with van der Waals surface area (Å²) in [6.45, 7) is 2.39. The van der Waals surface area contributed by atoms with Gasteiger partial charge in [-0.1, -0.05) is 19.1 Å². The Bertz CT molecular complexity index is 1470. The molecule has 0 aliphatic carbocycles. The summed E-state index contributed by atoms with van der Waals surface area (Å²) in [6.07, 6.45) is 0.377. The molecule has 3 atom stereocenters. The number of hydrogen-bond donors (Lipinski definition) is 3. The van der Waals surface area contributed by atoms with Crippen LogP contribution in [0.5, 0.6) is 0 Å². The van der Waals surface area contributed by atoms with Crippen molar-refractivity contribution in [1.82, 2.24) is 19.4 Å². The van der Waals surface area contributed by atoms with Gasteiger partial charge >= 0.3 is 6.18 Å². The van der Waals surface area contributed by atoms with Crippen molar-refractivity contribution in [2.75, 3.05) is 24.3 Å². The van der Waals surface area contributed by atoms with Gasteiger partial charge in [0.1, 0.15) is 28.7 Å². The van der Waals surface area contributed by atoms with E-state index >= 15 is 0 Å². The highest BCUT2D eigenvalue weighted by molar-refractivity contribution is 6.04. The molecule has 1 aromatic carbocycles. The minimum absolute atomic E-state index is 0.0270. The van der Waals surface area contributed by atoms with Crippen LogP contribution in [0.2, 0.25) is 0 Å². The number of nitrogens with zero attached hydrogens (tertiary/aromatic N) is 4. The molecular weight excluding hydrogens is 501 g/mol. The van der Waals surface area contributed by atoms with Crippen LogP contribution in [-0.2, 0) is 10.9 Å². The highest BCUT2D eigenvalue weighted by Gasteiger charge is 2.33. The van der Waals surface area contributed by atoms with E-state index in [9.17, 15) is 23.1 Å². The zero-order valence-electron chi connectivity index (χ0n) is 20.3. The number of benzene rings is 1. The summed E-state index contributed by atoms with van der Waals surface area (Å²) in [7, 11) is 0. The molecule has 12 heteroatoms. The Morgan fingerprint density at radius 3 is 2.66 bits per heavy atom. The normalized spacial score (nSPS) is 20.0. The fourth-order valence-corrected chi connectivity index (χ4v) is 4.70. The minimum atomic E-state index is -4.55. The Hall–Kier alpha value is -4.03. The Morgan fingerprint density at radius 2 is 1.97 bits per heavy atom. The van der Waals surface area contributed by atoms with Crippen molar-refractivity contribution < 1.29 is 27.8 Å². The first kappa shape index (κ1) is 25.6. The topological polar surface area (TPSA) is 128 Å². The first-order valence-corrected chi connectivity index (χ1v) is 12.0. The number of fused-ring (bicyclic) bond motifs is 1. The van der Waals surface area contributed by atoms with Crippen molar-refractivity contribution >= 4 is 23.1 Å². The number of imidazole rings is 1. The fraction of sp³-hybridized carbons (Fsp3) is 0.308. The van der Waals surface area contributed by atoms with Gasteiger partial charge in [-0.25, -0.2) is 15.0 Å². The summed E-state index contributed by atoms with van der Waals surface area (Å²) < 4.78 is 46.6. The second kappa shape index (κ2) is 10.0. The lowest BCUT2D eigenvalue weighted by molar-refractivity contribution is -0.137. The first-order chi connectivity index (χ1) is 18.2. The number of rotatable bonds is 5. The smallest absolute Gasteiger partial charge is 0.394 e. The van der Waals surface area contributed by atoms with Gasteiger partial charge in [0.25, 0.3) is 5.91 Å². The molecule has 4 heterocycles. The van der Waals surface area contributed by atoms with Crippen LogP contribution in [0.25, 0.3) is 16.8 Å². The number of aliphatic hydroxyl groups is 1. The van der Waals surface area contributed by atoms with E-state index in [1.54, 1.807) is 36.7 Å². The maximum Gasteiger partial charge on any atom is 0.416 e. The van der Waals surface area contributed by atoms with Gasteiger partial charge in [0, 0.05) is 35.6 Å². The number of carbonyl (C=O) groups is 1. The van der Waals surface area contributed by atoms with Crippen LogP contribution in [0.1, 0.15) is 41.0 Å². The maximum absolute atomic E-state index is 13.0. The van der Waals surface area contributed by atoms with Crippen molar-refractivity contribution in [3.8, 4) is 11.3 Å². The SMILES string of the molecule is CC1CC(c2nc(-c3ccc(C(=O)Nc4cc(C(F)(F)F)ccn4)cc3)c3c(N)nccn23)COC1CO. The monoisotopic (exact) mass is 526 g/mol. The number of nitrogen functional groups attached to an aromatic ring is 1. The lowest BCUT2D eigenvalue weighted by Crippen LogP contribution is -2.35. The molecule has 0 radical (unpaired) electrons. The number of aromatic nitrogens is 4. The molecule has 1 fully saturated rings. The van der Waals surface area contributed by atoms with Crippen molar-refractivity contribution in [2.45, 2.75) is 31.5 Å². The van der Waals surface area contributed by atoms with Gasteiger partial charge in [-0.2, -0.15) is 13.2 Å². The van der Waals surface area contributed by atoms with Crippen LogP contribution >= 0.6 is 0 Å². The van der Waals surface area contributed by atoms with E-state index in [0.29, 0.717) is 23.4 Å². The third-order valence-electron chi connectivity index (χ3n) is 6.71. The molecule has 4 aromatic rings. The molecule has 9 nitrogen and oxygen atoms in total. The summed E-state index contributed by atoms with van der Waals surface area (Å²) in [5, 5.41) is 11.9. The fourth-order valence-electron chi connectivity index (χ4n) is 4.70. The molecule has 5 rings (SSSR count). The second-order valence-electron chi connectivity index (χ2n) is 9.27. The van der Waals surface area contributed by atoms with E-state index in [1.165, 1.54) is 0 Å². The molecule has 1 saturated heterocycles. The van der Waals surface area contributed by atoms with Crippen molar-refractivity contribution in [1.29, 1.82) is 0 Å². The molecule has 3 unspecified atom stereocenters. The molecule has 198 valence electrons. The predicted molar refractivity (Wildman–Crippen MR) is 133 cm³/mol. The number of alkyl halides is 3. The average molecular weight is 527 g/mol. The van der Waals surface area contributed by atoms with Crippen LogP contribution in [0.15, 0.2) is 55.0 Å². The molecule has 4 N–H and O–H groups in total. The predicted octanol–water partition coefficient (Wildman–Crippen LogP) is 4.15. The molecule has 1 amide bonds. The summed E-state index contributed by atoms with van der Waals surface area (Å²) >= 11 is 0. The molecular formula is C26H25F3N6O3. The van der Waals surface area contributed by atoms with Gasteiger partial charge in [-0.3, -0.25) is 9.20 Å². The Balaban J connectivity index is 1.42. The third kappa shape index (κ3) is 4.92. The Labute approximate surface area is 215 Å². The first-order valence-electron chi connectivity index (χ1n) is 12.0. The van der Waals surface area contributed by atoms with Crippen molar-refractivity contribution in [2.24, 2.45) is 5.92 Å². The molecule has 38 heavy (non-hydrogen) atoms. The number of carbonyl (C=O) groups excluding carboxylic acids is 1. The van der Waals surface area contributed by atoms with Gasteiger partial charge in [0.2, 0.25) is 0 Å². The highest BCUT2D eigenvalue weighted by Crippen LogP contribution is 2.36. The number of nitrogens with two attached hydrogens (primary N) is 1. The third-order valence-corrected chi connectivity index (χ3v) is 6.71. The van der Waals surface area contributed by atoms with Crippen LogP contribution < -0.4 is 11.1 Å². The molecule has 1 aliphatic rings. The van der Waals surface area contributed by atoms with Gasteiger partial charge in [0.05, 0.1) is 24.9 Å². The molecule has 0 bridgehead atoms. The van der Waals surface area contributed by atoms with E-state index < -0.39 is 17.6 Å². The van der Waals surface area contributed by atoms with Gasteiger partial charge in [-0.05, 0) is 36.6 Å². The van der Waals surface area contributed by atoms with E-state index in [4.69, 9.17) is 15.5 Å². The van der Waals surface area contributed by atoms with Crippen molar-refractivity contribution in [3.63, 3.8) is 0 Å². The molecule has 3 aromatic heterocycles. The Kier molecular flexibility index (Phi) is 6.76. The van der Waals surface area contributed by atoms with Crippen LogP contribution in [-0.4, -0.2) is 49.7 Å². The maximum atomic E-state index is 13.0. The summed E-state index contributed by atoms with van der Waals surface area (Å²) in [6, 6.07) is 8.09.